The van der Waals surface area contributed by atoms with Gasteiger partial charge in [0.2, 0.25) is 5.95 Å². The fourth-order valence-electron chi connectivity index (χ4n) is 2.68. The predicted molar refractivity (Wildman–Crippen MR) is 105 cm³/mol. The van der Waals surface area contributed by atoms with Crippen molar-refractivity contribution in [3.05, 3.63) is 77.6 Å². The smallest absolute Gasteiger partial charge is 0.277 e. The largest absolute Gasteiger partial charge is 0.324 e. The van der Waals surface area contributed by atoms with Gasteiger partial charge in [0.15, 0.2) is 0 Å². The van der Waals surface area contributed by atoms with E-state index < -0.39 is 0 Å². The molecule has 0 spiro atoms. The molecule has 0 aliphatic heterocycles. The maximum Gasteiger partial charge on any atom is 0.277 e. The van der Waals surface area contributed by atoms with Gasteiger partial charge in [0, 0.05) is 23.6 Å². The highest BCUT2D eigenvalue weighted by Crippen LogP contribution is 2.18. The molecular formula is C21H19N5O. The van der Waals surface area contributed by atoms with Gasteiger partial charge >= 0.3 is 0 Å². The van der Waals surface area contributed by atoms with Crippen molar-refractivity contribution >= 4 is 23.2 Å². The number of amides is 1. The summed E-state index contributed by atoms with van der Waals surface area (Å²) in [5.74, 6) is 0.157. The fourth-order valence-corrected chi connectivity index (χ4v) is 2.68. The number of benzene rings is 2. The van der Waals surface area contributed by atoms with E-state index in [9.17, 15) is 4.79 Å². The normalized spacial score (nSPS) is 10.1. The van der Waals surface area contributed by atoms with Gasteiger partial charge in [-0.3, -0.25) is 4.79 Å². The van der Waals surface area contributed by atoms with Crippen molar-refractivity contribution in [3.63, 3.8) is 0 Å². The highest BCUT2D eigenvalue weighted by atomic mass is 16.2. The summed E-state index contributed by atoms with van der Waals surface area (Å²) in [6.07, 6.45) is 0. The number of aromatic nitrogens is 2. The summed E-state index contributed by atoms with van der Waals surface area (Å²) >= 11 is 0. The number of nitriles is 1. The van der Waals surface area contributed by atoms with Crippen molar-refractivity contribution < 1.29 is 4.79 Å². The first-order chi connectivity index (χ1) is 13.1. The molecule has 1 amide bonds. The third kappa shape index (κ3) is 4.28. The molecule has 1 heterocycles. The van der Waals surface area contributed by atoms with E-state index in [1.807, 2.05) is 44.2 Å². The lowest BCUT2D eigenvalue weighted by Gasteiger charge is -2.21. The number of hydrogen-bond acceptors (Lipinski definition) is 5. The summed E-state index contributed by atoms with van der Waals surface area (Å²) in [6, 6.07) is 20.2. The van der Waals surface area contributed by atoms with Crippen LogP contribution >= 0.6 is 0 Å². The van der Waals surface area contributed by atoms with E-state index in [-0.39, 0.29) is 5.91 Å². The average molecular weight is 357 g/mol. The van der Waals surface area contributed by atoms with Crippen molar-refractivity contribution in [1.29, 1.82) is 5.26 Å². The minimum Gasteiger partial charge on any atom is -0.324 e. The Bertz CT molecular complexity index is 978. The molecule has 3 aromatic rings. The molecule has 0 aliphatic carbocycles. The average Bonchev–Trinajstić information content (AvgIpc) is 2.69. The van der Waals surface area contributed by atoms with Crippen molar-refractivity contribution in [2.24, 2.45) is 0 Å². The van der Waals surface area contributed by atoms with Crippen molar-refractivity contribution in [2.75, 3.05) is 16.8 Å². The molecule has 134 valence electrons. The summed E-state index contributed by atoms with van der Waals surface area (Å²) in [5.41, 5.74) is 3.15. The van der Waals surface area contributed by atoms with Gasteiger partial charge in [-0.15, -0.1) is 0 Å². The highest BCUT2D eigenvalue weighted by molar-refractivity contribution is 6.05. The Balaban J connectivity index is 1.87. The first-order valence-electron chi connectivity index (χ1n) is 8.60. The van der Waals surface area contributed by atoms with E-state index >= 15 is 0 Å². The van der Waals surface area contributed by atoms with Crippen LogP contribution in [0.1, 0.15) is 28.7 Å². The summed E-state index contributed by atoms with van der Waals surface area (Å²) in [7, 11) is 0. The molecule has 27 heavy (non-hydrogen) atoms. The number of para-hydroxylation sites is 1. The van der Waals surface area contributed by atoms with Gasteiger partial charge in [-0.25, -0.2) is 9.97 Å². The van der Waals surface area contributed by atoms with Crippen LogP contribution in [0.5, 0.6) is 0 Å². The molecule has 0 aliphatic rings. The minimum atomic E-state index is -0.183. The number of nitrogens with one attached hydrogen (secondary N) is 1. The number of rotatable bonds is 5. The molecule has 1 N–H and O–H groups in total. The molecule has 0 bridgehead atoms. The molecule has 3 rings (SSSR count). The lowest BCUT2D eigenvalue weighted by atomic mass is 10.2. The lowest BCUT2D eigenvalue weighted by molar-refractivity contribution is 0.0983. The standard InChI is InChI=1S/C21H19N5O/c1-3-26(18-7-5-4-6-8-18)20(27)19-13-15(2)23-21(25-19)24-17-11-9-16(14-22)10-12-17/h4-13H,3H2,1-2H3,(H,23,24,25). The van der Waals surface area contributed by atoms with Gasteiger partial charge in [0.25, 0.3) is 5.91 Å². The summed E-state index contributed by atoms with van der Waals surface area (Å²) < 4.78 is 0. The van der Waals surface area contributed by atoms with Crippen LogP contribution in [0.4, 0.5) is 17.3 Å². The zero-order valence-corrected chi connectivity index (χ0v) is 15.2. The van der Waals surface area contributed by atoms with Gasteiger partial charge in [0.1, 0.15) is 5.69 Å². The van der Waals surface area contributed by atoms with E-state index in [1.54, 1.807) is 35.2 Å². The Kier molecular flexibility index (Phi) is 5.43. The van der Waals surface area contributed by atoms with Crippen LogP contribution < -0.4 is 10.2 Å². The molecular weight excluding hydrogens is 338 g/mol. The number of anilines is 3. The van der Waals surface area contributed by atoms with E-state index in [4.69, 9.17) is 5.26 Å². The van der Waals surface area contributed by atoms with Crippen LogP contribution in [0.25, 0.3) is 0 Å². The van der Waals surface area contributed by atoms with Crippen LogP contribution in [-0.4, -0.2) is 22.4 Å². The van der Waals surface area contributed by atoms with Crippen LogP contribution in [0.15, 0.2) is 60.7 Å². The van der Waals surface area contributed by atoms with Crippen LogP contribution in [-0.2, 0) is 0 Å². The quantitative estimate of drug-likeness (QED) is 0.744. The molecule has 1 aromatic heterocycles. The Morgan fingerprint density at radius 2 is 1.81 bits per heavy atom. The monoisotopic (exact) mass is 357 g/mol. The number of carbonyl (C=O) groups excluding carboxylic acids is 1. The van der Waals surface area contributed by atoms with Crippen molar-refractivity contribution in [3.8, 4) is 6.07 Å². The van der Waals surface area contributed by atoms with Gasteiger partial charge in [0.05, 0.1) is 11.6 Å². The maximum absolute atomic E-state index is 13.0. The summed E-state index contributed by atoms with van der Waals surface area (Å²) in [6.45, 7) is 4.28. The maximum atomic E-state index is 13.0. The predicted octanol–water partition coefficient (Wildman–Crippen LogP) is 4.07. The number of carbonyl (C=O) groups is 1. The van der Waals surface area contributed by atoms with Gasteiger partial charge in [-0.1, -0.05) is 18.2 Å². The summed E-state index contributed by atoms with van der Waals surface area (Å²) in [5, 5.41) is 12.0. The van der Waals surface area contributed by atoms with Crippen molar-refractivity contribution in [2.45, 2.75) is 13.8 Å². The van der Waals surface area contributed by atoms with Crippen molar-refractivity contribution in [1.82, 2.24) is 9.97 Å². The molecule has 0 atom stereocenters. The van der Waals surface area contributed by atoms with Crippen LogP contribution in [0.2, 0.25) is 0 Å². The second kappa shape index (κ2) is 8.11. The molecule has 0 fully saturated rings. The van der Waals surface area contributed by atoms with E-state index in [0.717, 1.165) is 11.4 Å². The van der Waals surface area contributed by atoms with E-state index in [2.05, 4.69) is 21.4 Å². The molecule has 6 nitrogen and oxygen atoms in total. The number of aryl methyl sites for hydroxylation is 1. The SMILES string of the molecule is CCN(C(=O)c1cc(C)nc(Nc2ccc(C#N)cc2)n1)c1ccccc1. The summed E-state index contributed by atoms with van der Waals surface area (Å²) in [4.78, 5) is 23.4. The first-order valence-corrected chi connectivity index (χ1v) is 8.60. The Hall–Kier alpha value is -3.72. The zero-order valence-electron chi connectivity index (χ0n) is 15.2. The second-order valence-corrected chi connectivity index (χ2v) is 5.92. The van der Waals surface area contributed by atoms with Gasteiger partial charge in [-0.2, -0.15) is 5.26 Å². The number of nitrogens with zero attached hydrogens (tertiary/aromatic N) is 4. The molecule has 0 radical (unpaired) electrons. The topological polar surface area (TPSA) is 81.9 Å². The molecule has 0 saturated carbocycles. The lowest BCUT2D eigenvalue weighted by Crippen LogP contribution is -2.31. The van der Waals surface area contributed by atoms with Gasteiger partial charge < -0.3 is 10.2 Å². The first kappa shape index (κ1) is 18.1. The minimum absolute atomic E-state index is 0.183. The molecule has 0 saturated heterocycles. The second-order valence-electron chi connectivity index (χ2n) is 5.92. The molecule has 6 heteroatoms. The molecule has 2 aromatic carbocycles. The highest BCUT2D eigenvalue weighted by Gasteiger charge is 2.18. The Morgan fingerprint density at radius 3 is 2.44 bits per heavy atom. The molecule has 0 unspecified atom stereocenters. The van der Waals surface area contributed by atoms with Crippen LogP contribution in [0.3, 0.4) is 0 Å². The Labute approximate surface area is 158 Å². The van der Waals surface area contributed by atoms with E-state index in [1.165, 1.54) is 0 Å². The number of hydrogen-bond donors (Lipinski definition) is 1. The zero-order chi connectivity index (χ0) is 19.2. The fraction of sp³-hybridized carbons (Fsp3) is 0.143. The van der Waals surface area contributed by atoms with Crippen LogP contribution in [0, 0.1) is 18.3 Å². The van der Waals surface area contributed by atoms with Gasteiger partial charge in [-0.05, 0) is 56.3 Å². The van der Waals surface area contributed by atoms with E-state index in [0.29, 0.717) is 29.4 Å². The third-order valence-corrected chi connectivity index (χ3v) is 3.97. The Morgan fingerprint density at radius 1 is 1.11 bits per heavy atom. The third-order valence-electron chi connectivity index (χ3n) is 3.97.